The van der Waals surface area contributed by atoms with E-state index < -0.39 is 26.5 Å². The van der Waals surface area contributed by atoms with Crippen LogP contribution in [0, 0.1) is 0 Å². The Labute approximate surface area is 320 Å². The lowest BCUT2D eigenvalue weighted by atomic mass is 10.1. The lowest BCUT2D eigenvalue weighted by molar-refractivity contribution is -0.161. The van der Waals surface area contributed by atoms with E-state index in [1.54, 1.807) is 0 Å². The maximum atomic E-state index is 12.5. The van der Waals surface area contributed by atoms with Gasteiger partial charge in [-0.3, -0.25) is 18.6 Å². The molecule has 0 aliphatic rings. The summed E-state index contributed by atoms with van der Waals surface area (Å²) in [4.78, 5) is 34.5. The average molecular weight is 757 g/mol. The minimum absolute atomic E-state index is 0.228. The van der Waals surface area contributed by atoms with Crippen LogP contribution in [-0.2, 0) is 32.7 Å². The molecule has 0 saturated carbocycles. The van der Waals surface area contributed by atoms with Gasteiger partial charge in [-0.05, 0) is 64.2 Å². The molecule has 0 bridgehead atoms. The van der Waals surface area contributed by atoms with Crippen molar-refractivity contribution in [3.8, 4) is 0 Å². The Morgan fingerprint density at radius 3 is 1.25 bits per heavy atom. The van der Waals surface area contributed by atoms with Gasteiger partial charge >= 0.3 is 19.8 Å². The lowest BCUT2D eigenvalue weighted by Gasteiger charge is -2.19. The molecule has 2 unspecified atom stereocenters. The maximum Gasteiger partial charge on any atom is 0.472 e. The van der Waals surface area contributed by atoms with Gasteiger partial charge in [0.25, 0.3) is 0 Å². The molecule has 0 fully saturated rings. The third-order valence-corrected chi connectivity index (χ3v) is 10.4. The molecule has 8 nitrogen and oxygen atoms in total. The first-order valence-corrected chi connectivity index (χ1v) is 23.0. The van der Waals surface area contributed by atoms with Gasteiger partial charge < -0.3 is 14.4 Å². The van der Waals surface area contributed by atoms with E-state index in [0.717, 1.165) is 64.9 Å². The molecule has 0 aliphatic heterocycles. The summed E-state index contributed by atoms with van der Waals surface area (Å²) in [6, 6.07) is 0. The molecule has 306 valence electrons. The highest BCUT2D eigenvalue weighted by atomic mass is 31.2. The molecule has 0 rings (SSSR count). The monoisotopic (exact) mass is 757 g/mol. The number of hydrogen-bond donors (Lipinski definition) is 1. The average Bonchev–Trinajstić information content (AvgIpc) is 3.13. The van der Waals surface area contributed by atoms with Crippen LogP contribution in [0.25, 0.3) is 0 Å². The number of carbonyl (C=O) groups excluding carboxylic acids is 2. The lowest BCUT2D eigenvalue weighted by Crippen LogP contribution is -2.29. The number of esters is 2. The fourth-order valence-corrected chi connectivity index (χ4v) is 6.52. The molecule has 1 N–H and O–H groups in total. The number of allylic oxidation sites excluding steroid dienone is 4. The molecule has 0 aromatic carbocycles. The molecule has 9 heteroatoms. The molecule has 0 spiro atoms. The van der Waals surface area contributed by atoms with Crippen molar-refractivity contribution in [2.75, 3.05) is 20.3 Å². The van der Waals surface area contributed by atoms with Crippen molar-refractivity contribution in [2.45, 2.75) is 219 Å². The fraction of sp³-hybridized carbons (Fsp3) is 0.860. The number of ether oxygens (including phenoxy) is 2. The topological polar surface area (TPSA) is 108 Å². The van der Waals surface area contributed by atoms with Crippen molar-refractivity contribution in [1.29, 1.82) is 0 Å². The van der Waals surface area contributed by atoms with E-state index in [1.165, 1.54) is 122 Å². The summed E-state index contributed by atoms with van der Waals surface area (Å²) in [5, 5.41) is 0. The van der Waals surface area contributed by atoms with Gasteiger partial charge in [-0.1, -0.05) is 160 Å². The van der Waals surface area contributed by atoms with Crippen molar-refractivity contribution in [3.63, 3.8) is 0 Å². The molecule has 0 heterocycles. The van der Waals surface area contributed by atoms with E-state index in [1.807, 2.05) is 0 Å². The molecule has 0 saturated heterocycles. The molecule has 0 amide bonds. The molecule has 0 radical (unpaired) electrons. The van der Waals surface area contributed by atoms with Crippen molar-refractivity contribution >= 4 is 19.8 Å². The van der Waals surface area contributed by atoms with Gasteiger partial charge in [-0.25, -0.2) is 4.57 Å². The van der Waals surface area contributed by atoms with Crippen LogP contribution >= 0.6 is 7.82 Å². The molecule has 2 atom stereocenters. The number of rotatable bonds is 40. The number of carbonyl (C=O) groups is 2. The quantitative estimate of drug-likeness (QED) is 0.0285. The second-order valence-corrected chi connectivity index (χ2v) is 16.0. The summed E-state index contributed by atoms with van der Waals surface area (Å²) >= 11 is 0. The summed E-state index contributed by atoms with van der Waals surface area (Å²) in [6.45, 7) is 3.88. The highest BCUT2D eigenvalue weighted by Gasteiger charge is 2.24. The van der Waals surface area contributed by atoms with Gasteiger partial charge in [-0.15, -0.1) is 0 Å². The third kappa shape index (κ3) is 38.3. The summed E-state index contributed by atoms with van der Waals surface area (Å²) in [6.07, 6.45) is 43.7. The van der Waals surface area contributed by atoms with E-state index in [9.17, 15) is 19.0 Å². The normalized spacial score (nSPS) is 13.5. The van der Waals surface area contributed by atoms with Crippen LogP contribution in [-0.4, -0.2) is 43.3 Å². The Hall–Kier alpha value is -1.47. The van der Waals surface area contributed by atoms with Crippen LogP contribution in [0.1, 0.15) is 213 Å². The van der Waals surface area contributed by atoms with Crippen LogP contribution in [0.4, 0.5) is 0 Å². The first-order valence-electron chi connectivity index (χ1n) is 21.5. The SMILES string of the molecule is CCCCCCCC/C=C\CCCCCCCCCC(=O)OC(COC(=O)CCCCCCC/C=C\CCCCCCCCC)COP(=O)(O)OC. The van der Waals surface area contributed by atoms with Gasteiger partial charge in [-0.2, -0.15) is 0 Å². The van der Waals surface area contributed by atoms with E-state index in [4.69, 9.17) is 14.0 Å². The van der Waals surface area contributed by atoms with E-state index >= 15 is 0 Å². The fourth-order valence-electron chi connectivity index (χ4n) is 6.06. The number of unbranched alkanes of at least 4 members (excludes halogenated alkanes) is 25. The van der Waals surface area contributed by atoms with Crippen LogP contribution < -0.4 is 0 Å². The van der Waals surface area contributed by atoms with Gasteiger partial charge in [0.2, 0.25) is 0 Å². The summed E-state index contributed by atoms with van der Waals surface area (Å²) in [5.74, 6) is -0.812. The number of phosphoric ester groups is 1. The Morgan fingerprint density at radius 1 is 0.519 bits per heavy atom. The zero-order valence-electron chi connectivity index (χ0n) is 34.0. The zero-order chi connectivity index (χ0) is 38.2. The summed E-state index contributed by atoms with van der Waals surface area (Å²) < 4.78 is 32.0. The van der Waals surface area contributed by atoms with E-state index in [0.29, 0.717) is 6.42 Å². The summed E-state index contributed by atoms with van der Waals surface area (Å²) in [7, 11) is -3.20. The van der Waals surface area contributed by atoms with Crippen molar-refractivity contribution in [3.05, 3.63) is 24.3 Å². The van der Waals surface area contributed by atoms with Gasteiger partial charge in [0, 0.05) is 20.0 Å². The van der Waals surface area contributed by atoms with E-state index in [2.05, 4.69) is 42.7 Å². The second-order valence-electron chi connectivity index (χ2n) is 14.5. The second kappa shape index (κ2) is 39.2. The zero-order valence-corrected chi connectivity index (χ0v) is 34.9. The molecule has 0 aromatic rings. The first-order chi connectivity index (χ1) is 25.3. The predicted molar refractivity (Wildman–Crippen MR) is 216 cm³/mol. The highest BCUT2D eigenvalue weighted by Crippen LogP contribution is 2.42. The minimum Gasteiger partial charge on any atom is -0.462 e. The molecule has 0 aliphatic carbocycles. The molecular weight excluding hydrogens is 675 g/mol. The smallest absolute Gasteiger partial charge is 0.462 e. The van der Waals surface area contributed by atoms with Crippen molar-refractivity contribution in [1.82, 2.24) is 0 Å². The van der Waals surface area contributed by atoms with Crippen LogP contribution in [0.15, 0.2) is 24.3 Å². The van der Waals surface area contributed by atoms with E-state index in [-0.39, 0.29) is 25.4 Å². The maximum absolute atomic E-state index is 12.5. The van der Waals surface area contributed by atoms with Crippen molar-refractivity contribution in [2.24, 2.45) is 0 Å². The molecule has 52 heavy (non-hydrogen) atoms. The molecular formula is C43H81O8P. The van der Waals surface area contributed by atoms with Gasteiger partial charge in [0.15, 0.2) is 6.10 Å². The van der Waals surface area contributed by atoms with Crippen molar-refractivity contribution < 1.29 is 37.6 Å². The standard InChI is InChI=1S/C43H81O8P/c1-4-6-8-10-12-14-16-18-20-22-24-26-28-30-32-34-36-38-43(45)51-41(40-50-52(46,47)48-3)39-49-42(44)37-35-33-31-29-27-25-23-21-19-17-15-13-11-9-7-5-2/h18,20-21,23,41H,4-17,19,22,24-40H2,1-3H3,(H,46,47)/b20-18-,23-21-. The Kier molecular flexibility index (Phi) is 38.1. The van der Waals surface area contributed by atoms with Crippen LogP contribution in [0.3, 0.4) is 0 Å². The Morgan fingerprint density at radius 2 is 0.865 bits per heavy atom. The van der Waals surface area contributed by atoms with Gasteiger partial charge in [0.05, 0.1) is 6.61 Å². The predicted octanol–water partition coefficient (Wildman–Crippen LogP) is 13.5. The highest BCUT2D eigenvalue weighted by molar-refractivity contribution is 7.47. The first kappa shape index (κ1) is 50.5. The Balaban J connectivity index is 4.00. The number of hydrogen-bond acceptors (Lipinski definition) is 7. The third-order valence-electron chi connectivity index (χ3n) is 9.42. The van der Waals surface area contributed by atoms with Gasteiger partial charge in [0.1, 0.15) is 6.61 Å². The molecule has 0 aromatic heterocycles. The van der Waals surface area contributed by atoms with Crippen LogP contribution in [0.5, 0.6) is 0 Å². The Bertz CT molecular complexity index is 906. The minimum atomic E-state index is -4.26. The summed E-state index contributed by atoms with van der Waals surface area (Å²) in [5.41, 5.74) is 0. The number of phosphoric acid groups is 1. The van der Waals surface area contributed by atoms with Crippen LogP contribution in [0.2, 0.25) is 0 Å². The largest absolute Gasteiger partial charge is 0.472 e.